The van der Waals surface area contributed by atoms with Gasteiger partial charge in [0.05, 0.1) is 13.2 Å². The molecule has 1 aliphatic carbocycles. The summed E-state index contributed by atoms with van der Waals surface area (Å²) in [5.74, 6) is 0.458. The summed E-state index contributed by atoms with van der Waals surface area (Å²) in [4.78, 5) is 24.8. The number of nitrogens with one attached hydrogen (secondary N) is 2. The fraction of sp³-hybridized carbons (Fsp3) is 0.935. The van der Waals surface area contributed by atoms with Crippen molar-refractivity contribution in [3.8, 4) is 0 Å². The van der Waals surface area contributed by atoms with Crippen molar-refractivity contribution in [2.75, 3.05) is 19.8 Å². The van der Waals surface area contributed by atoms with Crippen LogP contribution in [0.5, 0.6) is 0 Å². The van der Waals surface area contributed by atoms with Crippen molar-refractivity contribution in [1.82, 2.24) is 10.6 Å². The first-order valence-corrected chi connectivity index (χ1v) is 15.5. The zero-order valence-corrected chi connectivity index (χ0v) is 25.2. The minimum absolute atomic E-state index is 0.0382. The Labute approximate surface area is 228 Å². The van der Waals surface area contributed by atoms with Gasteiger partial charge in [-0.05, 0) is 55.3 Å². The van der Waals surface area contributed by atoms with Crippen molar-refractivity contribution >= 4 is 12.2 Å². The van der Waals surface area contributed by atoms with Gasteiger partial charge in [0.15, 0.2) is 0 Å². The lowest BCUT2D eigenvalue weighted by atomic mass is 9.62. The van der Waals surface area contributed by atoms with Crippen LogP contribution in [-0.4, -0.2) is 38.0 Å². The van der Waals surface area contributed by atoms with Crippen LogP contribution >= 0.6 is 0 Å². The first-order chi connectivity index (χ1) is 17.6. The van der Waals surface area contributed by atoms with E-state index in [1.807, 2.05) is 6.92 Å². The maximum atomic E-state index is 12.8. The van der Waals surface area contributed by atoms with Gasteiger partial charge in [0.25, 0.3) is 0 Å². The Balaban J connectivity index is 2.55. The molecule has 1 saturated carbocycles. The highest BCUT2D eigenvalue weighted by Crippen LogP contribution is 2.45. The molecule has 1 aliphatic rings. The topological polar surface area (TPSA) is 76.7 Å². The van der Waals surface area contributed by atoms with Crippen molar-refractivity contribution in [1.29, 1.82) is 0 Å². The van der Waals surface area contributed by atoms with Crippen LogP contribution in [0, 0.1) is 16.7 Å². The summed E-state index contributed by atoms with van der Waals surface area (Å²) < 4.78 is 11.0. The van der Waals surface area contributed by atoms with Crippen LogP contribution in [-0.2, 0) is 9.47 Å². The average Bonchev–Trinajstić information content (AvgIpc) is 2.82. The maximum Gasteiger partial charge on any atom is 0.407 e. The molecule has 6 nitrogen and oxygen atoms in total. The summed E-state index contributed by atoms with van der Waals surface area (Å²) in [6, 6.07) is 0.0382. The summed E-state index contributed by atoms with van der Waals surface area (Å²) in [6.45, 7) is 14.7. The zero-order chi connectivity index (χ0) is 27.6. The highest BCUT2D eigenvalue weighted by molar-refractivity contribution is 5.68. The van der Waals surface area contributed by atoms with Crippen LogP contribution in [0.3, 0.4) is 0 Å². The maximum absolute atomic E-state index is 12.8. The largest absolute Gasteiger partial charge is 0.450 e. The van der Waals surface area contributed by atoms with Crippen molar-refractivity contribution in [2.24, 2.45) is 16.7 Å². The van der Waals surface area contributed by atoms with Crippen LogP contribution in [0.1, 0.15) is 144 Å². The highest BCUT2D eigenvalue weighted by Gasteiger charge is 2.42. The Hall–Kier alpha value is -1.46. The molecule has 1 fully saturated rings. The predicted octanol–water partition coefficient (Wildman–Crippen LogP) is 8.77. The third-order valence-electron chi connectivity index (χ3n) is 7.74. The van der Waals surface area contributed by atoms with Crippen LogP contribution in [0.4, 0.5) is 9.59 Å². The molecular weight excluding hydrogens is 464 g/mol. The van der Waals surface area contributed by atoms with Crippen molar-refractivity contribution in [3.63, 3.8) is 0 Å². The standard InChI is InChI=1S/C31H60N2O4/c1-7-10-12-14-15-17-19-26(18-16-13-11-8-2)23-37-29(35)33-27-21-30(4,5)24-31(6,22-27)25-32-28(34)36-20-9-3/h26-27H,7-25H2,1-6H3,(H,32,34)(H,33,35). The highest BCUT2D eigenvalue weighted by atomic mass is 16.6. The molecule has 0 bridgehead atoms. The number of carbonyl (C=O) groups excluding carboxylic acids is 2. The summed E-state index contributed by atoms with van der Waals surface area (Å²) in [6.07, 6.45) is 18.0. The smallest absolute Gasteiger partial charge is 0.407 e. The van der Waals surface area contributed by atoms with Gasteiger partial charge in [-0.25, -0.2) is 9.59 Å². The molecule has 0 saturated heterocycles. The molecule has 0 spiro atoms. The van der Waals surface area contributed by atoms with Crippen LogP contribution in [0.25, 0.3) is 0 Å². The third-order valence-corrected chi connectivity index (χ3v) is 7.74. The normalized spacial score (nSPS) is 21.7. The Kier molecular flexibility index (Phi) is 17.0. The Morgan fingerprint density at radius 1 is 0.784 bits per heavy atom. The minimum Gasteiger partial charge on any atom is -0.450 e. The number of carbonyl (C=O) groups is 2. The zero-order valence-electron chi connectivity index (χ0n) is 25.2. The number of unbranched alkanes of at least 4 members (excludes halogenated alkanes) is 8. The molecule has 0 aromatic heterocycles. The first-order valence-electron chi connectivity index (χ1n) is 15.5. The van der Waals surface area contributed by atoms with E-state index < -0.39 is 0 Å². The molecule has 2 N–H and O–H groups in total. The van der Waals surface area contributed by atoms with Gasteiger partial charge in [0, 0.05) is 12.6 Å². The van der Waals surface area contributed by atoms with Crippen molar-refractivity contribution in [3.05, 3.63) is 0 Å². The van der Waals surface area contributed by atoms with E-state index in [-0.39, 0.29) is 29.1 Å². The summed E-state index contributed by atoms with van der Waals surface area (Å²) in [7, 11) is 0. The molecule has 218 valence electrons. The molecular formula is C31H60N2O4. The van der Waals surface area contributed by atoms with E-state index in [4.69, 9.17) is 9.47 Å². The lowest BCUT2D eigenvalue weighted by Crippen LogP contribution is -2.50. The second-order valence-corrected chi connectivity index (χ2v) is 12.8. The number of amides is 2. The second kappa shape index (κ2) is 18.7. The lowest BCUT2D eigenvalue weighted by molar-refractivity contribution is 0.0596. The van der Waals surface area contributed by atoms with Crippen LogP contribution in [0.2, 0.25) is 0 Å². The van der Waals surface area contributed by atoms with E-state index in [1.54, 1.807) is 0 Å². The molecule has 0 aliphatic heterocycles. The van der Waals surface area contributed by atoms with Gasteiger partial charge < -0.3 is 20.1 Å². The molecule has 0 heterocycles. The average molecular weight is 525 g/mol. The number of ether oxygens (including phenoxy) is 2. The quantitative estimate of drug-likeness (QED) is 0.166. The monoisotopic (exact) mass is 524 g/mol. The van der Waals surface area contributed by atoms with Gasteiger partial charge in [-0.2, -0.15) is 0 Å². The Bertz CT molecular complexity index is 624. The summed E-state index contributed by atoms with van der Waals surface area (Å²) >= 11 is 0. The van der Waals surface area contributed by atoms with E-state index in [0.29, 0.717) is 25.7 Å². The van der Waals surface area contributed by atoms with Gasteiger partial charge in [-0.3, -0.25) is 0 Å². The van der Waals surface area contributed by atoms with Gasteiger partial charge in [0.1, 0.15) is 0 Å². The molecule has 2 amide bonds. The fourth-order valence-electron chi connectivity index (χ4n) is 6.19. The number of hydrogen-bond acceptors (Lipinski definition) is 4. The molecule has 0 aromatic rings. The summed E-state index contributed by atoms with van der Waals surface area (Å²) in [5.41, 5.74) is -0.0376. The molecule has 1 rings (SSSR count). The van der Waals surface area contributed by atoms with Gasteiger partial charge in [0.2, 0.25) is 0 Å². The molecule has 37 heavy (non-hydrogen) atoms. The number of rotatable bonds is 19. The number of hydrogen-bond donors (Lipinski definition) is 2. The van der Waals surface area contributed by atoms with Crippen molar-refractivity contribution in [2.45, 2.75) is 150 Å². The predicted molar refractivity (Wildman–Crippen MR) is 154 cm³/mol. The Morgan fingerprint density at radius 3 is 2.00 bits per heavy atom. The lowest BCUT2D eigenvalue weighted by Gasteiger charge is -2.46. The van der Waals surface area contributed by atoms with Gasteiger partial charge in [-0.1, -0.05) is 106 Å². The van der Waals surface area contributed by atoms with Gasteiger partial charge >= 0.3 is 12.2 Å². The molecule has 3 unspecified atom stereocenters. The van der Waals surface area contributed by atoms with E-state index >= 15 is 0 Å². The van der Waals surface area contributed by atoms with Crippen LogP contribution in [0.15, 0.2) is 0 Å². The fourth-order valence-corrected chi connectivity index (χ4v) is 6.19. The summed E-state index contributed by atoms with van der Waals surface area (Å²) in [5, 5.41) is 6.11. The molecule has 3 atom stereocenters. The third kappa shape index (κ3) is 16.2. The molecule has 6 heteroatoms. The van der Waals surface area contributed by atoms with Crippen molar-refractivity contribution < 1.29 is 19.1 Å². The number of alkyl carbamates (subject to hydrolysis) is 2. The SMILES string of the molecule is CCCCCCCCC(CCCCCC)COC(=O)NC1CC(C)(C)CC(C)(CNC(=O)OCCC)C1. The van der Waals surface area contributed by atoms with Crippen LogP contribution < -0.4 is 10.6 Å². The van der Waals surface area contributed by atoms with Gasteiger partial charge in [-0.15, -0.1) is 0 Å². The second-order valence-electron chi connectivity index (χ2n) is 12.8. The molecule has 0 radical (unpaired) electrons. The van der Waals surface area contributed by atoms with E-state index in [2.05, 4.69) is 45.3 Å². The Morgan fingerprint density at radius 2 is 1.38 bits per heavy atom. The van der Waals surface area contributed by atoms with E-state index in [0.717, 1.165) is 38.5 Å². The first kappa shape index (κ1) is 33.6. The minimum atomic E-state index is -0.356. The molecule has 0 aromatic carbocycles. The van der Waals surface area contributed by atoms with E-state index in [9.17, 15) is 9.59 Å². The van der Waals surface area contributed by atoms with E-state index in [1.165, 1.54) is 64.2 Å².